The Kier molecular flexibility index (Phi) is 13.3. The van der Waals surface area contributed by atoms with Crippen LogP contribution < -0.4 is 19.6 Å². The molecule has 0 bridgehead atoms. The molecule has 1 spiro atoms. The summed E-state index contributed by atoms with van der Waals surface area (Å²) in [5.41, 5.74) is 21.0. The maximum absolute atomic E-state index is 2.57. The summed E-state index contributed by atoms with van der Waals surface area (Å²) < 4.78 is 0. The maximum atomic E-state index is 2.57. The molecule has 4 aliphatic rings. The third-order valence-corrected chi connectivity index (χ3v) is 16.1. The first-order valence-electron chi connectivity index (χ1n) is 28.0. The van der Waals surface area contributed by atoms with Gasteiger partial charge in [0, 0.05) is 56.9 Å². The second kappa shape index (κ2) is 21.4. The molecule has 0 fully saturated rings. The van der Waals surface area contributed by atoms with E-state index in [0.717, 1.165) is 58.3 Å². The van der Waals surface area contributed by atoms with Gasteiger partial charge in [0.1, 0.15) is 0 Å². The van der Waals surface area contributed by atoms with E-state index in [1.807, 2.05) is 13.8 Å². The minimum absolute atomic E-state index is 0.00155. The fourth-order valence-electron chi connectivity index (χ4n) is 12.9. The highest BCUT2D eigenvalue weighted by atomic mass is 15.2. The molecule has 4 nitrogen and oxygen atoms in total. The van der Waals surface area contributed by atoms with Crippen LogP contribution in [-0.4, -0.2) is 12.1 Å². The van der Waals surface area contributed by atoms with Gasteiger partial charge in [0.05, 0.1) is 17.5 Å². The number of hydrogen-bond acceptors (Lipinski definition) is 4. The lowest BCUT2D eigenvalue weighted by Gasteiger charge is -2.40. The van der Waals surface area contributed by atoms with Crippen molar-refractivity contribution in [2.24, 2.45) is 0 Å². The number of anilines is 10. The highest BCUT2D eigenvalue weighted by molar-refractivity contribution is 6.00. The molecule has 4 aliphatic carbocycles. The molecule has 14 rings (SSSR count). The highest BCUT2D eigenvalue weighted by Gasteiger charge is 2.54. The van der Waals surface area contributed by atoms with E-state index >= 15 is 0 Å². The van der Waals surface area contributed by atoms with Crippen LogP contribution >= 0.6 is 0 Å². The summed E-state index contributed by atoms with van der Waals surface area (Å²) in [4.78, 5) is 9.95. The molecule has 0 N–H and O–H groups in total. The van der Waals surface area contributed by atoms with Gasteiger partial charge in [-0.2, -0.15) is 0 Å². The molecular weight excluding hydrogens is 957 g/mol. The molecule has 0 aromatic heterocycles. The van der Waals surface area contributed by atoms with E-state index < -0.39 is 5.41 Å². The van der Waals surface area contributed by atoms with Crippen molar-refractivity contribution in [1.29, 1.82) is 0 Å². The number of benzene rings is 10. The van der Waals surface area contributed by atoms with Gasteiger partial charge in [0.2, 0.25) is 0 Å². The van der Waals surface area contributed by atoms with E-state index in [0.29, 0.717) is 0 Å². The predicted octanol–water partition coefficient (Wildman–Crippen LogP) is 19.9. The Morgan fingerprint density at radius 2 is 0.684 bits per heavy atom. The smallest absolute Gasteiger partial charge is 0.0691 e. The average molecular weight is 1020 g/mol. The normalized spacial score (nSPS) is 17.0. The third-order valence-electron chi connectivity index (χ3n) is 16.1. The number of allylic oxidation sites excluding steroid dienone is 4. The topological polar surface area (TPSA) is 13.0 Å². The standard InChI is InChI=1S/C73H56N4.C2H6/c1-9-25-53(26-10-1)74(54-27-11-2-12-28-54)61-41-45-65-66-46-42-62(75(55-29-13-3-14-30-55)56-31-15-4-16-32-56)50-70(66)73(69(65)49-61)71-51-63(76(57-33-17-5-18-34-57)58-35-19-6-20-36-58)43-47-67(71)68-48-44-64(52-72(68)73)77(59-37-21-7-22-38-59)60-39-23-8-24-40-60;1-2/h1-39,41-49,51-52,60,62H,40,50H2;1-2H3. The first kappa shape index (κ1) is 49.0. The minimum Gasteiger partial charge on any atom is -0.334 e. The van der Waals surface area contributed by atoms with Crippen LogP contribution in [0.15, 0.2) is 309 Å². The van der Waals surface area contributed by atoms with E-state index in [2.05, 4.69) is 323 Å². The molecule has 0 saturated carbocycles. The van der Waals surface area contributed by atoms with Crippen LogP contribution in [0.25, 0.3) is 16.7 Å². The number of nitrogens with zero attached hydrogens (tertiary/aromatic N) is 4. The van der Waals surface area contributed by atoms with Gasteiger partial charge in [-0.3, -0.25) is 0 Å². The van der Waals surface area contributed by atoms with Crippen molar-refractivity contribution in [2.45, 2.75) is 44.2 Å². The number of para-hydroxylation sites is 7. The Morgan fingerprint density at radius 3 is 1.09 bits per heavy atom. The van der Waals surface area contributed by atoms with Gasteiger partial charge in [0.15, 0.2) is 0 Å². The largest absolute Gasteiger partial charge is 0.334 e. The highest BCUT2D eigenvalue weighted by Crippen LogP contribution is 2.66. The Balaban J connectivity index is 0.00000293. The Bertz CT molecular complexity index is 3750. The lowest BCUT2D eigenvalue weighted by molar-refractivity contribution is 0.663. The van der Waals surface area contributed by atoms with Gasteiger partial charge in [-0.05, 0) is 179 Å². The van der Waals surface area contributed by atoms with Gasteiger partial charge in [-0.1, -0.05) is 196 Å². The summed E-state index contributed by atoms with van der Waals surface area (Å²) in [7, 11) is 0. The molecule has 79 heavy (non-hydrogen) atoms. The summed E-state index contributed by atoms with van der Waals surface area (Å²) in [5.74, 6) is 0. The van der Waals surface area contributed by atoms with Crippen molar-refractivity contribution in [3.63, 3.8) is 0 Å². The molecule has 3 unspecified atom stereocenters. The zero-order valence-electron chi connectivity index (χ0n) is 44.7. The van der Waals surface area contributed by atoms with Crippen molar-refractivity contribution < 1.29 is 0 Å². The fourth-order valence-corrected chi connectivity index (χ4v) is 12.9. The van der Waals surface area contributed by atoms with Gasteiger partial charge in [0.25, 0.3) is 0 Å². The zero-order chi connectivity index (χ0) is 53.1. The quantitative estimate of drug-likeness (QED) is 0.121. The second-order valence-electron chi connectivity index (χ2n) is 20.3. The van der Waals surface area contributed by atoms with E-state index in [4.69, 9.17) is 0 Å². The van der Waals surface area contributed by atoms with E-state index in [1.54, 1.807) is 0 Å². The number of hydrogen-bond donors (Lipinski definition) is 0. The van der Waals surface area contributed by atoms with Crippen LogP contribution in [0.4, 0.5) is 56.9 Å². The molecule has 3 atom stereocenters. The van der Waals surface area contributed by atoms with Crippen molar-refractivity contribution in [1.82, 2.24) is 0 Å². The van der Waals surface area contributed by atoms with Gasteiger partial charge >= 0.3 is 0 Å². The molecule has 4 heteroatoms. The molecule has 10 aromatic carbocycles. The summed E-state index contributed by atoms with van der Waals surface area (Å²) in [5, 5.41) is 0. The Hall–Kier alpha value is -9.64. The first-order chi connectivity index (χ1) is 39.2. The van der Waals surface area contributed by atoms with Gasteiger partial charge in [-0.25, -0.2) is 0 Å². The van der Waals surface area contributed by atoms with Gasteiger partial charge < -0.3 is 19.6 Å². The molecule has 10 aromatic rings. The second-order valence-corrected chi connectivity index (χ2v) is 20.3. The number of rotatable bonds is 12. The molecule has 0 radical (unpaired) electrons. The third kappa shape index (κ3) is 8.67. The lowest BCUT2D eigenvalue weighted by Crippen LogP contribution is -2.36. The van der Waals surface area contributed by atoms with Crippen LogP contribution in [-0.2, 0) is 5.41 Å². The predicted molar refractivity (Wildman–Crippen MR) is 334 cm³/mol. The van der Waals surface area contributed by atoms with Crippen LogP contribution in [0, 0.1) is 0 Å². The van der Waals surface area contributed by atoms with Crippen molar-refractivity contribution >= 4 is 62.4 Å². The maximum Gasteiger partial charge on any atom is 0.0691 e. The van der Waals surface area contributed by atoms with Crippen molar-refractivity contribution in [3.05, 3.63) is 331 Å². The first-order valence-corrected chi connectivity index (χ1v) is 28.0. The monoisotopic (exact) mass is 1020 g/mol. The van der Waals surface area contributed by atoms with E-state index in [9.17, 15) is 0 Å². The summed E-state index contributed by atoms with van der Waals surface area (Å²) in [6.45, 7) is 4.00. The van der Waals surface area contributed by atoms with Crippen LogP contribution in [0.1, 0.15) is 48.9 Å². The summed E-state index contributed by atoms with van der Waals surface area (Å²) >= 11 is 0. The summed E-state index contributed by atoms with van der Waals surface area (Å²) in [6.07, 6.45) is 15.7. The lowest BCUT2D eigenvalue weighted by atomic mass is 9.67. The summed E-state index contributed by atoms with van der Waals surface area (Å²) in [6, 6.07) is 98.3. The Labute approximate surface area is 466 Å². The minimum atomic E-state index is -0.720. The fraction of sp³-hybridized carbons (Fsp3) is 0.0933. The van der Waals surface area contributed by atoms with Crippen molar-refractivity contribution in [3.8, 4) is 11.1 Å². The molecular formula is C75H62N4. The van der Waals surface area contributed by atoms with Crippen molar-refractivity contribution in [2.75, 3.05) is 19.6 Å². The molecule has 0 heterocycles. The SMILES string of the molecule is C1=CCC(N(c2ccccc2)c2ccc3c(c2)C2(C4=C(C=CC(N(c5ccccc5)c5ccccc5)C4)c4ccc(N(c5ccccc5)c5ccccc5)cc42)c2cc(N(c4ccccc4)c4ccccc4)ccc2-3)C=C1.CC. The molecule has 0 aliphatic heterocycles. The van der Waals surface area contributed by atoms with E-state index in [1.165, 1.54) is 55.9 Å². The Morgan fingerprint density at radius 1 is 0.329 bits per heavy atom. The van der Waals surface area contributed by atoms with E-state index in [-0.39, 0.29) is 12.1 Å². The zero-order valence-corrected chi connectivity index (χ0v) is 44.7. The van der Waals surface area contributed by atoms with Crippen LogP contribution in [0.3, 0.4) is 0 Å². The number of fused-ring (bicyclic) bond motifs is 9. The van der Waals surface area contributed by atoms with Crippen LogP contribution in [0.2, 0.25) is 0 Å². The molecule has 0 saturated heterocycles. The average Bonchev–Trinajstić information content (AvgIpc) is 3.55. The van der Waals surface area contributed by atoms with Gasteiger partial charge in [-0.15, -0.1) is 0 Å². The molecule has 382 valence electrons. The molecule has 0 amide bonds. The van der Waals surface area contributed by atoms with Crippen LogP contribution in [0.5, 0.6) is 0 Å².